The summed E-state index contributed by atoms with van der Waals surface area (Å²) >= 11 is 0. The van der Waals surface area contributed by atoms with Crippen LogP contribution >= 0.6 is 0 Å². The number of benzene rings is 1. The molecule has 0 radical (unpaired) electrons. The van der Waals surface area contributed by atoms with Gasteiger partial charge in [-0.2, -0.15) is 5.10 Å². The van der Waals surface area contributed by atoms with Crippen LogP contribution in [0.4, 0.5) is 5.82 Å². The Labute approximate surface area is 215 Å². The summed E-state index contributed by atoms with van der Waals surface area (Å²) in [7, 11) is 0. The van der Waals surface area contributed by atoms with Gasteiger partial charge in [0.25, 0.3) is 0 Å². The van der Waals surface area contributed by atoms with Crippen LogP contribution in [0.5, 0.6) is 0 Å². The number of amides is 1. The number of primary amides is 1. The molecular formula is C27H32N8O2. The summed E-state index contributed by atoms with van der Waals surface area (Å²) in [5.74, 6) is 0.686. The Bertz CT molecular complexity index is 1360. The fourth-order valence-electron chi connectivity index (χ4n) is 5.38. The molecule has 37 heavy (non-hydrogen) atoms. The minimum absolute atomic E-state index is 0.0889. The molecule has 4 aromatic rings. The second-order valence-corrected chi connectivity index (χ2v) is 10.2. The molecule has 10 heteroatoms. The average Bonchev–Trinajstić information content (AvgIpc) is 3.41. The summed E-state index contributed by atoms with van der Waals surface area (Å²) in [4.78, 5) is 24.9. The number of anilines is 1. The van der Waals surface area contributed by atoms with Gasteiger partial charge < -0.3 is 20.3 Å². The molecule has 1 aliphatic heterocycles. The zero-order valence-electron chi connectivity index (χ0n) is 20.7. The molecule has 2 aliphatic rings. The van der Waals surface area contributed by atoms with Gasteiger partial charge in [0.15, 0.2) is 0 Å². The first-order chi connectivity index (χ1) is 18.0. The Morgan fingerprint density at radius 3 is 2.65 bits per heavy atom. The van der Waals surface area contributed by atoms with E-state index in [1.807, 2.05) is 21.8 Å². The molecule has 1 aromatic carbocycles. The van der Waals surface area contributed by atoms with Crippen molar-refractivity contribution in [3.8, 4) is 5.69 Å². The van der Waals surface area contributed by atoms with Gasteiger partial charge in [0.2, 0.25) is 5.91 Å². The highest BCUT2D eigenvalue weighted by molar-refractivity contribution is 5.88. The van der Waals surface area contributed by atoms with Crippen molar-refractivity contribution in [3.05, 3.63) is 66.9 Å². The van der Waals surface area contributed by atoms with Gasteiger partial charge in [-0.3, -0.25) is 9.69 Å². The predicted octanol–water partition coefficient (Wildman–Crippen LogP) is 1.95. The average molecular weight is 501 g/mol. The molecule has 2 atom stereocenters. The highest BCUT2D eigenvalue weighted by atomic mass is 16.3. The third-order valence-electron chi connectivity index (χ3n) is 7.47. The van der Waals surface area contributed by atoms with Crippen molar-refractivity contribution in [2.75, 3.05) is 24.5 Å². The Morgan fingerprint density at radius 1 is 1.11 bits per heavy atom. The number of piperidine rings is 1. The summed E-state index contributed by atoms with van der Waals surface area (Å²) in [5.41, 5.74) is 8.47. The molecule has 192 valence electrons. The van der Waals surface area contributed by atoms with Gasteiger partial charge in [-0.05, 0) is 55.6 Å². The zero-order chi connectivity index (χ0) is 25.4. The number of carbonyl (C=O) groups is 1. The molecule has 4 heterocycles. The first kappa shape index (κ1) is 23.6. The van der Waals surface area contributed by atoms with Crippen molar-refractivity contribution in [2.45, 2.75) is 44.5 Å². The van der Waals surface area contributed by atoms with Crippen LogP contribution in [0.25, 0.3) is 16.7 Å². The highest BCUT2D eigenvalue weighted by Gasteiger charge is 2.32. The second-order valence-electron chi connectivity index (χ2n) is 10.2. The van der Waals surface area contributed by atoms with E-state index in [2.05, 4.69) is 56.1 Å². The number of hydrogen-bond acceptors (Lipinski definition) is 7. The third-order valence-corrected chi connectivity index (χ3v) is 7.47. The molecule has 10 nitrogen and oxygen atoms in total. The molecule has 1 amide bonds. The van der Waals surface area contributed by atoms with Crippen molar-refractivity contribution in [3.63, 3.8) is 0 Å². The van der Waals surface area contributed by atoms with Crippen molar-refractivity contribution in [1.82, 2.24) is 29.2 Å². The molecule has 2 unspecified atom stereocenters. The van der Waals surface area contributed by atoms with E-state index in [9.17, 15) is 9.90 Å². The van der Waals surface area contributed by atoms with E-state index in [0.717, 1.165) is 54.9 Å². The zero-order valence-corrected chi connectivity index (χ0v) is 20.7. The molecule has 0 bridgehead atoms. The second kappa shape index (κ2) is 9.95. The van der Waals surface area contributed by atoms with Crippen molar-refractivity contribution in [1.29, 1.82) is 0 Å². The number of aliphatic hydroxyl groups is 1. The van der Waals surface area contributed by atoms with Crippen LogP contribution in [0, 0.1) is 5.92 Å². The van der Waals surface area contributed by atoms with Crippen LogP contribution in [0.1, 0.15) is 24.8 Å². The number of nitrogens with two attached hydrogens (primary N) is 1. The van der Waals surface area contributed by atoms with E-state index in [1.54, 1.807) is 12.5 Å². The molecule has 2 fully saturated rings. The number of hydrogen-bond donors (Lipinski definition) is 2. The topological polar surface area (TPSA) is 118 Å². The van der Waals surface area contributed by atoms with Gasteiger partial charge >= 0.3 is 0 Å². The van der Waals surface area contributed by atoms with Gasteiger partial charge in [-0.15, -0.1) is 0 Å². The molecule has 1 aliphatic carbocycles. The largest absolute Gasteiger partial charge is 0.391 e. The maximum absolute atomic E-state index is 11.2. The van der Waals surface area contributed by atoms with Crippen LogP contribution < -0.4 is 10.6 Å². The van der Waals surface area contributed by atoms with Crippen molar-refractivity contribution in [2.24, 2.45) is 11.7 Å². The summed E-state index contributed by atoms with van der Waals surface area (Å²) < 4.78 is 3.99. The normalized spacial score (nSPS) is 20.4. The molecule has 1 saturated heterocycles. The highest BCUT2D eigenvalue weighted by Crippen LogP contribution is 2.36. The van der Waals surface area contributed by atoms with Gasteiger partial charge in [0.05, 0.1) is 23.7 Å². The Hall–Kier alpha value is -3.76. The lowest BCUT2D eigenvalue weighted by atomic mass is 9.93. The first-order valence-corrected chi connectivity index (χ1v) is 12.9. The quantitative estimate of drug-likeness (QED) is 0.361. The van der Waals surface area contributed by atoms with Crippen LogP contribution in [0.3, 0.4) is 0 Å². The molecule has 3 aromatic heterocycles. The number of aliphatic hydroxyl groups excluding tert-OH is 1. The van der Waals surface area contributed by atoms with Crippen molar-refractivity contribution >= 4 is 22.8 Å². The van der Waals surface area contributed by atoms with E-state index in [4.69, 9.17) is 10.7 Å². The Balaban J connectivity index is 1.20. The van der Waals surface area contributed by atoms with Crippen LogP contribution in [-0.2, 0) is 17.9 Å². The lowest BCUT2D eigenvalue weighted by Gasteiger charge is -2.35. The number of rotatable bonds is 9. The van der Waals surface area contributed by atoms with Crippen LogP contribution in [0.15, 0.2) is 61.3 Å². The minimum atomic E-state index is -0.514. The number of fused-ring (bicyclic) bond motifs is 1. The Kier molecular flexibility index (Phi) is 6.35. The number of carbonyl (C=O) groups excluding carboxylic acids is 1. The van der Waals surface area contributed by atoms with E-state index < -0.39 is 6.10 Å². The molecule has 3 N–H and O–H groups in total. The van der Waals surface area contributed by atoms with Crippen LogP contribution in [0.2, 0.25) is 0 Å². The summed E-state index contributed by atoms with van der Waals surface area (Å²) in [6.45, 7) is 2.85. The van der Waals surface area contributed by atoms with Crippen molar-refractivity contribution < 1.29 is 9.90 Å². The van der Waals surface area contributed by atoms with Gasteiger partial charge in [0, 0.05) is 50.2 Å². The van der Waals surface area contributed by atoms with E-state index in [1.165, 1.54) is 5.56 Å². The van der Waals surface area contributed by atoms with Crippen LogP contribution in [-0.4, -0.2) is 72.0 Å². The van der Waals surface area contributed by atoms with E-state index in [-0.39, 0.29) is 18.4 Å². The number of aromatic nitrogens is 5. The van der Waals surface area contributed by atoms with Gasteiger partial charge in [-0.25, -0.2) is 14.6 Å². The maximum Gasteiger partial charge on any atom is 0.231 e. The van der Waals surface area contributed by atoms with Gasteiger partial charge in [-0.1, -0.05) is 12.1 Å². The summed E-state index contributed by atoms with van der Waals surface area (Å²) in [6.07, 6.45) is 10.0. The summed E-state index contributed by atoms with van der Waals surface area (Å²) in [6, 6.07) is 13.0. The standard InChI is InChI=1S/C27H32N8O2/c28-25(37)17-32-12-8-20(24(36)16-32)15-33-13-9-23-26(33)29-18-30-27(23)34(21-6-7-21)14-19-2-4-22(5-3-19)35-11-1-10-31-35/h1-5,9-11,13,18,20-21,24,36H,6-8,12,14-17H2,(H2,28,37). The number of β-amino-alcohol motifs (C(OH)–C–C–N with tert-alkyl or cyclic N) is 1. The maximum atomic E-state index is 11.2. The Morgan fingerprint density at radius 2 is 1.95 bits per heavy atom. The lowest BCUT2D eigenvalue weighted by Crippen LogP contribution is -2.47. The number of nitrogens with zero attached hydrogens (tertiary/aromatic N) is 7. The number of likely N-dealkylation sites (tertiary alicyclic amines) is 1. The molecule has 0 spiro atoms. The van der Waals surface area contributed by atoms with E-state index >= 15 is 0 Å². The third kappa shape index (κ3) is 5.07. The monoisotopic (exact) mass is 500 g/mol. The fraction of sp³-hybridized carbons (Fsp3) is 0.407. The first-order valence-electron chi connectivity index (χ1n) is 12.9. The predicted molar refractivity (Wildman–Crippen MR) is 140 cm³/mol. The smallest absolute Gasteiger partial charge is 0.231 e. The SMILES string of the molecule is NC(=O)CN1CCC(Cn2ccc3c(N(Cc4ccc(-n5cccn5)cc4)C4CC4)ncnc32)C(O)C1. The minimum Gasteiger partial charge on any atom is -0.391 e. The fourth-order valence-corrected chi connectivity index (χ4v) is 5.38. The molecular weight excluding hydrogens is 468 g/mol. The lowest BCUT2D eigenvalue weighted by molar-refractivity contribution is -0.120. The van der Waals surface area contributed by atoms with E-state index in [0.29, 0.717) is 19.1 Å². The van der Waals surface area contributed by atoms with Gasteiger partial charge in [0.1, 0.15) is 17.8 Å². The molecule has 6 rings (SSSR count). The summed E-state index contributed by atoms with van der Waals surface area (Å²) in [5, 5.41) is 16.1. The molecule has 1 saturated carbocycles.